The Bertz CT molecular complexity index is 939. The molecule has 0 saturated carbocycles. The average Bonchev–Trinajstić information content (AvgIpc) is 3.06. The lowest BCUT2D eigenvalue weighted by Gasteiger charge is -2.19. The number of anilines is 1. The molecular formula is C20H24N2O4S. The molecule has 0 spiro atoms. The highest BCUT2D eigenvalue weighted by Crippen LogP contribution is 2.30. The Hall–Kier alpha value is -2.54. The van der Waals surface area contributed by atoms with Crippen LogP contribution in [0.5, 0.6) is 5.75 Å². The summed E-state index contributed by atoms with van der Waals surface area (Å²) in [4.78, 5) is 14.3. The van der Waals surface area contributed by atoms with Gasteiger partial charge in [0.15, 0.2) is 0 Å². The Labute approximate surface area is 160 Å². The summed E-state index contributed by atoms with van der Waals surface area (Å²) in [5, 5.41) is 0. The van der Waals surface area contributed by atoms with Crippen LogP contribution in [-0.4, -0.2) is 52.2 Å². The number of ether oxygens (including phenoxy) is 1. The molecule has 3 rings (SSSR count). The van der Waals surface area contributed by atoms with Crippen molar-refractivity contribution in [2.75, 3.05) is 37.3 Å². The number of hydrogen-bond acceptors (Lipinski definition) is 4. The molecule has 0 saturated heterocycles. The fourth-order valence-electron chi connectivity index (χ4n) is 3.11. The van der Waals surface area contributed by atoms with E-state index in [0.29, 0.717) is 37.4 Å². The van der Waals surface area contributed by atoms with Gasteiger partial charge in [0, 0.05) is 19.2 Å². The van der Waals surface area contributed by atoms with Crippen LogP contribution >= 0.6 is 0 Å². The van der Waals surface area contributed by atoms with E-state index in [2.05, 4.69) is 0 Å². The van der Waals surface area contributed by atoms with Crippen molar-refractivity contribution in [1.82, 2.24) is 4.90 Å². The smallest absolute Gasteiger partial charge is 0.253 e. The second-order valence-corrected chi connectivity index (χ2v) is 8.72. The molecule has 1 aliphatic rings. The molecular weight excluding hydrogens is 364 g/mol. The summed E-state index contributed by atoms with van der Waals surface area (Å²) in [7, 11) is -1.55. The van der Waals surface area contributed by atoms with Gasteiger partial charge in [-0.05, 0) is 49.2 Å². The topological polar surface area (TPSA) is 66.9 Å². The molecule has 0 unspecified atom stereocenters. The van der Waals surface area contributed by atoms with Gasteiger partial charge in [-0.25, -0.2) is 8.42 Å². The molecule has 1 heterocycles. The minimum Gasteiger partial charge on any atom is -0.492 e. The molecule has 0 N–H and O–H groups in total. The third-order valence-electron chi connectivity index (χ3n) is 4.64. The van der Waals surface area contributed by atoms with Gasteiger partial charge in [-0.2, -0.15) is 0 Å². The van der Waals surface area contributed by atoms with E-state index >= 15 is 0 Å². The van der Waals surface area contributed by atoms with Crippen molar-refractivity contribution >= 4 is 21.6 Å². The molecule has 0 fully saturated rings. The summed E-state index contributed by atoms with van der Waals surface area (Å²) >= 11 is 0. The SMILES string of the molecule is Cc1ccc(OCCN(C)C(=O)c2ccc3c(c2)CCN3S(C)(=O)=O)cc1. The number of carbonyl (C=O) groups excluding carboxylic acids is 1. The molecule has 0 aliphatic carbocycles. The fraction of sp³-hybridized carbons (Fsp3) is 0.350. The van der Waals surface area contributed by atoms with Crippen LogP contribution in [0.1, 0.15) is 21.5 Å². The van der Waals surface area contributed by atoms with Gasteiger partial charge < -0.3 is 9.64 Å². The first-order valence-corrected chi connectivity index (χ1v) is 10.7. The van der Waals surface area contributed by atoms with Gasteiger partial charge in [-0.1, -0.05) is 17.7 Å². The van der Waals surface area contributed by atoms with E-state index in [-0.39, 0.29) is 5.91 Å². The largest absolute Gasteiger partial charge is 0.492 e. The van der Waals surface area contributed by atoms with Crippen LogP contribution in [0.3, 0.4) is 0 Å². The lowest BCUT2D eigenvalue weighted by molar-refractivity contribution is 0.0773. The Kier molecular flexibility index (Phi) is 5.41. The summed E-state index contributed by atoms with van der Waals surface area (Å²) in [6, 6.07) is 13.0. The number of sulfonamides is 1. The molecule has 144 valence electrons. The predicted molar refractivity (Wildman–Crippen MR) is 106 cm³/mol. The second-order valence-electron chi connectivity index (χ2n) is 6.82. The Morgan fingerprint density at radius 1 is 1.19 bits per heavy atom. The molecule has 0 radical (unpaired) electrons. The fourth-order valence-corrected chi connectivity index (χ4v) is 4.06. The molecule has 1 aliphatic heterocycles. The number of amides is 1. The van der Waals surface area contributed by atoms with E-state index in [9.17, 15) is 13.2 Å². The van der Waals surface area contributed by atoms with E-state index in [1.165, 1.54) is 16.1 Å². The van der Waals surface area contributed by atoms with Crippen molar-refractivity contribution in [2.45, 2.75) is 13.3 Å². The summed E-state index contributed by atoms with van der Waals surface area (Å²) < 4.78 is 30.7. The summed E-state index contributed by atoms with van der Waals surface area (Å²) in [5.74, 6) is 0.669. The van der Waals surface area contributed by atoms with Crippen LogP contribution in [-0.2, 0) is 16.4 Å². The van der Waals surface area contributed by atoms with Crippen LogP contribution in [0.2, 0.25) is 0 Å². The van der Waals surface area contributed by atoms with E-state index in [0.717, 1.165) is 11.3 Å². The molecule has 1 amide bonds. The van der Waals surface area contributed by atoms with Crippen LogP contribution in [0.15, 0.2) is 42.5 Å². The van der Waals surface area contributed by atoms with Gasteiger partial charge in [0.25, 0.3) is 5.91 Å². The van der Waals surface area contributed by atoms with Gasteiger partial charge in [0.2, 0.25) is 10.0 Å². The second kappa shape index (κ2) is 7.60. The van der Waals surface area contributed by atoms with Crippen molar-refractivity contribution < 1.29 is 17.9 Å². The molecule has 2 aromatic rings. The van der Waals surface area contributed by atoms with Crippen molar-refractivity contribution in [3.8, 4) is 5.75 Å². The lowest BCUT2D eigenvalue weighted by Crippen LogP contribution is -2.31. The van der Waals surface area contributed by atoms with Crippen LogP contribution in [0, 0.1) is 6.92 Å². The minimum atomic E-state index is -3.29. The van der Waals surface area contributed by atoms with Crippen LogP contribution in [0.25, 0.3) is 0 Å². The summed E-state index contributed by atoms with van der Waals surface area (Å²) in [6.45, 7) is 3.30. The number of aryl methyl sites for hydroxylation is 1. The molecule has 2 aromatic carbocycles. The number of fused-ring (bicyclic) bond motifs is 1. The van der Waals surface area contributed by atoms with Crippen LogP contribution in [0.4, 0.5) is 5.69 Å². The van der Waals surface area contributed by atoms with E-state index in [4.69, 9.17) is 4.74 Å². The third kappa shape index (κ3) is 4.42. The van der Waals surface area contributed by atoms with Gasteiger partial charge in [-0.3, -0.25) is 9.10 Å². The van der Waals surface area contributed by atoms with Gasteiger partial charge in [-0.15, -0.1) is 0 Å². The number of benzene rings is 2. The highest BCUT2D eigenvalue weighted by atomic mass is 32.2. The Balaban J connectivity index is 1.61. The van der Waals surface area contributed by atoms with Gasteiger partial charge in [0.1, 0.15) is 12.4 Å². The zero-order valence-corrected chi connectivity index (χ0v) is 16.6. The summed E-state index contributed by atoms with van der Waals surface area (Å²) in [6.07, 6.45) is 1.81. The first-order chi connectivity index (χ1) is 12.8. The van der Waals surface area contributed by atoms with Crippen LogP contribution < -0.4 is 9.04 Å². The van der Waals surface area contributed by atoms with Crippen molar-refractivity contribution in [1.29, 1.82) is 0 Å². The molecule has 7 heteroatoms. The maximum Gasteiger partial charge on any atom is 0.253 e. The highest BCUT2D eigenvalue weighted by Gasteiger charge is 2.27. The number of nitrogens with zero attached hydrogens (tertiary/aromatic N) is 2. The number of likely N-dealkylation sites (N-methyl/N-ethyl adjacent to an activating group) is 1. The van der Waals surface area contributed by atoms with Gasteiger partial charge in [0.05, 0.1) is 18.5 Å². The standard InChI is InChI=1S/C20H24N2O4S/c1-15-4-7-18(8-5-15)26-13-12-21(2)20(23)17-6-9-19-16(14-17)10-11-22(19)27(3,24)25/h4-9,14H,10-13H2,1-3H3. The summed E-state index contributed by atoms with van der Waals surface area (Å²) in [5.41, 5.74) is 3.28. The highest BCUT2D eigenvalue weighted by molar-refractivity contribution is 7.92. The van der Waals surface area contributed by atoms with Crippen molar-refractivity contribution in [2.24, 2.45) is 0 Å². The molecule has 0 bridgehead atoms. The van der Waals surface area contributed by atoms with Crippen molar-refractivity contribution in [3.05, 3.63) is 59.2 Å². The Morgan fingerprint density at radius 2 is 1.89 bits per heavy atom. The van der Waals surface area contributed by atoms with Gasteiger partial charge >= 0.3 is 0 Å². The average molecular weight is 388 g/mol. The minimum absolute atomic E-state index is 0.108. The third-order valence-corrected chi connectivity index (χ3v) is 5.82. The van der Waals surface area contributed by atoms with E-state index in [1.807, 2.05) is 31.2 Å². The van der Waals surface area contributed by atoms with Crippen molar-refractivity contribution in [3.63, 3.8) is 0 Å². The maximum atomic E-state index is 12.6. The Morgan fingerprint density at radius 3 is 2.56 bits per heavy atom. The lowest BCUT2D eigenvalue weighted by atomic mass is 10.1. The predicted octanol–water partition coefficient (Wildman–Crippen LogP) is 2.47. The maximum absolute atomic E-state index is 12.6. The van der Waals surface area contributed by atoms with E-state index in [1.54, 1.807) is 30.1 Å². The first kappa shape index (κ1) is 19.2. The molecule has 0 atom stereocenters. The quantitative estimate of drug-likeness (QED) is 0.762. The molecule has 6 nitrogen and oxygen atoms in total. The van der Waals surface area contributed by atoms with E-state index < -0.39 is 10.0 Å². The zero-order valence-electron chi connectivity index (χ0n) is 15.8. The molecule has 27 heavy (non-hydrogen) atoms. The number of carbonyl (C=O) groups is 1. The number of hydrogen-bond donors (Lipinski definition) is 0. The normalized spacial score (nSPS) is 13.4. The first-order valence-electron chi connectivity index (χ1n) is 8.81. The zero-order chi connectivity index (χ0) is 19.6. The molecule has 0 aromatic heterocycles. The monoisotopic (exact) mass is 388 g/mol. The number of rotatable bonds is 6.